The summed E-state index contributed by atoms with van der Waals surface area (Å²) in [7, 11) is 2.16. The molecule has 4 aromatic rings. The lowest BCUT2D eigenvalue weighted by molar-refractivity contribution is 0.312. The van der Waals surface area contributed by atoms with Crippen molar-refractivity contribution in [1.82, 2.24) is 34.8 Å². The highest BCUT2D eigenvalue weighted by atomic mass is 15.3. The second kappa shape index (κ2) is 7.29. The molecule has 8 nitrogen and oxygen atoms in total. The summed E-state index contributed by atoms with van der Waals surface area (Å²) in [6.07, 6.45) is 5.69. The van der Waals surface area contributed by atoms with Gasteiger partial charge >= 0.3 is 0 Å². The fraction of sp³-hybridized carbons (Fsp3) is 0.333. The standard InChI is InChI=1S/C21H24N8/c1-3-29-14-15(12-23-29)18-11-16-19(13-22-18)25-26-21(16)17-5-4-6-20(24-17)28-9-7-27(2)8-10-28/h4-6,11-14H,3,7-10H2,1-2H3,(H,25,26). The number of nitrogens with one attached hydrogen (secondary N) is 1. The van der Waals surface area contributed by atoms with Gasteiger partial charge in [0.1, 0.15) is 11.5 Å². The van der Waals surface area contributed by atoms with E-state index in [1.54, 1.807) is 0 Å². The Labute approximate surface area is 169 Å². The van der Waals surface area contributed by atoms with Crippen molar-refractivity contribution in [2.24, 2.45) is 0 Å². The molecular formula is C21H24N8. The summed E-state index contributed by atoms with van der Waals surface area (Å²) in [5.74, 6) is 1.00. The fourth-order valence-corrected chi connectivity index (χ4v) is 3.71. The summed E-state index contributed by atoms with van der Waals surface area (Å²) in [6.45, 7) is 6.99. The van der Waals surface area contributed by atoms with Crippen molar-refractivity contribution in [3.8, 4) is 22.6 Å². The third-order valence-electron chi connectivity index (χ3n) is 5.50. The predicted octanol–water partition coefficient (Wildman–Crippen LogP) is 2.66. The fourth-order valence-electron chi connectivity index (χ4n) is 3.71. The Kier molecular flexibility index (Phi) is 4.48. The van der Waals surface area contributed by atoms with E-state index in [0.29, 0.717) is 0 Å². The average Bonchev–Trinajstić information content (AvgIpc) is 3.41. The Balaban J connectivity index is 1.51. The molecular weight excluding hydrogens is 364 g/mol. The number of rotatable bonds is 4. The molecule has 1 aliphatic rings. The van der Waals surface area contributed by atoms with Gasteiger partial charge in [-0.1, -0.05) is 6.07 Å². The van der Waals surface area contributed by atoms with E-state index in [0.717, 1.165) is 72.1 Å². The van der Waals surface area contributed by atoms with E-state index in [1.165, 1.54) is 0 Å². The van der Waals surface area contributed by atoms with E-state index in [4.69, 9.17) is 4.98 Å². The molecule has 148 valence electrons. The lowest BCUT2D eigenvalue weighted by atomic mass is 10.1. The zero-order valence-corrected chi connectivity index (χ0v) is 16.7. The van der Waals surface area contributed by atoms with Crippen LogP contribution in [0.1, 0.15) is 6.92 Å². The van der Waals surface area contributed by atoms with Crippen LogP contribution in [0.5, 0.6) is 0 Å². The van der Waals surface area contributed by atoms with E-state index in [1.807, 2.05) is 29.3 Å². The second-order valence-electron chi connectivity index (χ2n) is 7.44. The number of aryl methyl sites for hydroxylation is 1. The molecule has 0 aromatic carbocycles. The zero-order chi connectivity index (χ0) is 19.8. The van der Waals surface area contributed by atoms with E-state index in [9.17, 15) is 0 Å². The highest BCUT2D eigenvalue weighted by Gasteiger charge is 2.17. The molecule has 0 atom stereocenters. The van der Waals surface area contributed by atoms with Gasteiger partial charge in [-0.05, 0) is 32.2 Å². The first-order chi connectivity index (χ1) is 14.2. The van der Waals surface area contributed by atoms with Crippen LogP contribution < -0.4 is 4.90 Å². The Morgan fingerprint density at radius 2 is 1.93 bits per heavy atom. The topological polar surface area (TPSA) is 78.8 Å². The zero-order valence-electron chi connectivity index (χ0n) is 16.7. The van der Waals surface area contributed by atoms with Gasteiger partial charge in [0.15, 0.2) is 0 Å². The number of piperazine rings is 1. The number of hydrogen-bond donors (Lipinski definition) is 1. The molecule has 0 radical (unpaired) electrons. The Hall–Kier alpha value is -3.26. The van der Waals surface area contributed by atoms with E-state index < -0.39 is 0 Å². The molecule has 5 rings (SSSR count). The van der Waals surface area contributed by atoms with Crippen LogP contribution in [0.4, 0.5) is 5.82 Å². The monoisotopic (exact) mass is 388 g/mol. The molecule has 0 amide bonds. The smallest absolute Gasteiger partial charge is 0.129 e. The molecule has 0 aliphatic carbocycles. The molecule has 0 bridgehead atoms. The van der Waals surface area contributed by atoms with Gasteiger partial charge in [-0.15, -0.1) is 0 Å². The number of H-pyrrole nitrogens is 1. The van der Waals surface area contributed by atoms with Crippen LogP contribution in [0.25, 0.3) is 33.5 Å². The lowest BCUT2D eigenvalue weighted by Crippen LogP contribution is -2.44. The first kappa shape index (κ1) is 17.8. The average molecular weight is 388 g/mol. The number of aromatic amines is 1. The molecule has 1 N–H and O–H groups in total. The van der Waals surface area contributed by atoms with E-state index in [-0.39, 0.29) is 0 Å². The third kappa shape index (κ3) is 3.36. The second-order valence-corrected chi connectivity index (χ2v) is 7.44. The van der Waals surface area contributed by atoms with Gasteiger partial charge in [0.05, 0.1) is 29.3 Å². The molecule has 0 unspecified atom stereocenters. The van der Waals surface area contributed by atoms with Crippen LogP contribution in [-0.4, -0.2) is 68.1 Å². The van der Waals surface area contributed by atoms with Crippen molar-refractivity contribution in [3.63, 3.8) is 0 Å². The van der Waals surface area contributed by atoms with Gasteiger partial charge in [0, 0.05) is 49.9 Å². The minimum atomic E-state index is 0.836. The molecule has 8 heteroatoms. The van der Waals surface area contributed by atoms with Crippen molar-refractivity contribution in [2.75, 3.05) is 38.1 Å². The quantitative estimate of drug-likeness (QED) is 0.579. The largest absolute Gasteiger partial charge is 0.354 e. The van der Waals surface area contributed by atoms with E-state index >= 15 is 0 Å². The summed E-state index contributed by atoms with van der Waals surface area (Å²) in [5.41, 5.74) is 4.50. The first-order valence-electron chi connectivity index (χ1n) is 9.99. The summed E-state index contributed by atoms with van der Waals surface area (Å²) in [6, 6.07) is 8.22. The van der Waals surface area contributed by atoms with Crippen molar-refractivity contribution in [1.29, 1.82) is 0 Å². The van der Waals surface area contributed by atoms with E-state index in [2.05, 4.69) is 62.3 Å². The number of aromatic nitrogens is 6. The van der Waals surface area contributed by atoms with Crippen molar-refractivity contribution >= 4 is 16.7 Å². The maximum Gasteiger partial charge on any atom is 0.129 e. The summed E-state index contributed by atoms with van der Waals surface area (Å²) in [5, 5.41) is 13.0. The van der Waals surface area contributed by atoms with Crippen molar-refractivity contribution in [2.45, 2.75) is 13.5 Å². The van der Waals surface area contributed by atoms with Crippen LogP contribution in [0.2, 0.25) is 0 Å². The van der Waals surface area contributed by atoms with Gasteiger partial charge in [0.2, 0.25) is 0 Å². The molecule has 0 spiro atoms. The molecule has 1 saturated heterocycles. The van der Waals surface area contributed by atoms with Gasteiger partial charge in [0.25, 0.3) is 0 Å². The number of anilines is 1. The highest BCUT2D eigenvalue weighted by Crippen LogP contribution is 2.29. The van der Waals surface area contributed by atoms with Gasteiger partial charge in [-0.2, -0.15) is 10.2 Å². The van der Waals surface area contributed by atoms with Crippen LogP contribution >= 0.6 is 0 Å². The molecule has 0 saturated carbocycles. The first-order valence-corrected chi connectivity index (χ1v) is 9.99. The summed E-state index contributed by atoms with van der Waals surface area (Å²) in [4.78, 5) is 14.2. The maximum absolute atomic E-state index is 4.92. The summed E-state index contributed by atoms with van der Waals surface area (Å²) >= 11 is 0. The number of likely N-dealkylation sites (N-methyl/N-ethyl adjacent to an activating group) is 1. The number of fused-ring (bicyclic) bond motifs is 1. The highest BCUT2D eigenvalue weighted by molar-refractivity contribution is 5.93. The molecule has 4 aromatic heterocycles. The number of nitrogens with zero attached hydrogens (tertiary/aromatic N) is 7. The van der Waals surface area contributed by atoms with Crippen LogP contribution in [-0.2, 0) is 6.54 Å². The molecule has 1 fully saturated rings. The molecule has 29 heavy (non-hydrogen) atoms. The van der Waals surface area contributed by atoms with Crippen LogP contribution in [0, 0.1) is 0 Å². The van der Waals surface area contributed by atoms with Gasteiger partial charge < -0.3 is 9.80 Å². The maximum atomic E-state index is 4.92. The SMILES string of the molecule is CCn1cc(-c2cc3c(-c4cccc(N5CCN(C)CC5)n4)n[nH]c3cn2)cn1. The normalized spacial score (nSPS) is 15.3. The minimum absolute atomic E-state index is 0.836. The van der Waals surface area contributed by atoms with Crippen LogP contribution in [0.15, 0.2) is 42.9 Å². The molecule has 5 heterocycles. The molecule has 1 aliphatic heterocycles. The Morgan fingerprint density at radius 3 is 2.72 bits per heavy atom. The van der Waals surface area contributed by atoms with Gasteiger partial charge in [-0.25, -0.2) is 4.98 Å². The Morgan fingerprint density at radius 1 is 1.07 bits per heavy atom. The third-order valence-corrected chi connectivity index (χ3v) is 5.50. The van der Waals surface area contributed by atoms with Crippen molar-refractivity contribution < 1.29 is 0 Å². The lowest BCUT2D eigenvalue weighted by Gasteiger charge is -2.33. The minimum Gasteiger partial charge on any atom is -0.354 e. The Bertz CT molecular complexity index is 1140. The number of hydrogen-bond acceptors (Lipinski definition) is 6. The number of pyridine rings is 2. The van der Waals surface area contributed by atoms with Crippen molar-refractivity contribution in [3.05, 3.63) is 42.9 Å². The predicted molar refractivity (Wildman–Crippen MR) is 114 cm³/mol. The summed E-state index contributed by atoms with van der Waals surface area (Å²) < 4.78 is 1.90. The van der Waals surface area contributed by atoms with Crippen LogP contribution in [0.3, 0.4) is 0 Å². The van der Waals surface area contributed by atoms with Gasteiger partial charge in [-0.3, -0.25) is 14.8 Å².